The molecule has 1 unspecified atom stereocenters. The van der Waals surface area contributed by atoms with E-state index in [2.05, 4.69) is 15.1 Å². The van der Waals surface area contributed by atoms with Gasteiger partial charge in [-0.1, -0.05) is 5.11 Å². The van der Waals surface area contributed by atoms with Gasteiger partial charge in [0.2, 0.25) is 5.91 Å². The highest BCUT2D eigenvalue weighted by atomic mass is 32.2. The van der Waals surface area contributed by atoms with Gasteiger partial charge in [-0.05, 0) is 12.0 Å². The number of aryl methyl sites for hydroxylation is 1. The van der Waals surface area contributed by atoms with Gasteiger partial charge in [-0.2, -0.15) is 5.10 Å². The van der Waals surface area contributed by atoms with Crippen LogP contribution >= 0.6 is 0 Å². The molecule has 0 aromatic carbocycles. The lowest BCUT2D eigenvalue weighted by Gasteiger charge is -2.18. The molecule has 0 saturated carbocycles. The van der Waals surface area contributed by atoms with Crippen molar-refractivity contribution < 1.29 is 13.2 Å². The van der Waals surface area contributed by atoms with E-state index in [0.717, 1.165) is 0 Å². The van der Waals surface area contributed by atoms with Crippen molar-refractivity contribution in [2.24, 2.45) is 5.11 Å². The van der Waals surface area contributed by atoms with E-state index >= 15 is 0 Å². The van der Waals surface area contributed by atoms with E-state index in [-0.39, 0.29) is 17.4 Å². The molecule has 1 aromatic heterocycles. The minimum Gasteiger partial charge on any atom is -0.300 e. The van der Waals surface area contributed by atoms with Gasteiger partial charge in [0.15, 0.2) is 9.84 Å². The summed E-state index contributed by atoms with van der Waals surface area (Å²) in [4.78, 5) is 16.3. The molecule has 3 heterocycles. The molecule has 0 bridgehead atoms. The molecule has 1 aromatic rings. The summed E-state index contributed by atoms with van der Waals surface area (Å²) in [5.41, 5.74) is 9.59. The Morgan fingerprint density at radius 3 is 2.90 bits per heavy atom. The lowest BCUT2D eigenvalue weighted by molar-refractivity contribution is -0.119. The van der Waals surface area contributed by atoms with E-state index < -0.39 is 15.9 Å². The number of amides is 1. The SMILES string of the molecule is CN1C(=O)C(N=[N+]=[N-])CCn2nc3c(c21)CS(=O)(=O)C3. The molecule has 106 valence electrons. The van der Waals surface area contributed by atoms with Crippen molar-refractivity contribution in [3.05, 3.63) is 21.7 Å². The standard InChI is InChI=1S/C10H12N6O3S/c1-15-9-6-4-20(18,19)5-8(6)13-16(9)3-2-7(10(15)17)12-14-11/h7H,2-5H2,1H3. The molecule has 1 atom stereocenters. The van der Waals surface area contributed by atoms with Gasteiger partial charge in [-0.3, -0.25) is 9.69 Å². The van der Waals surface area contributed by atoms with Crippen LogP contribution in [0.4, 0.5) is 5.82 Å². The third kappa shape index (κ3) is 1.84. The fourth-order valence-corrected chi connectivity index (χ4v) is 4.16. The number of rotatable bonds is 1. The highest BCUT2D eigenvalue weighted by Crippen LogP contribution is 2.34. The second-order valence-corrected chi connectivity index (χ2v) is 6.98. The summed E-state index contributed by atoms with van der Waals surface area (Å²) in [5, 5.41) is 7.77. The van der Waals surface area contributed by atoms with E-state index in [9.17, 15) is 13.2 Å². The normalized spacial score (nSPS) is 23.8. The van der Waals surface area contributed by atoms with Crippen LogP contribution in [0.2, 0.25) is 0 Å². The van der Waals surface area contributed by atoms with E-state index in [1.54, 1.807) is 11.7 Å². The number of carbonyl (C=O) groups is 1. The number of sulfone groups is 1. The van der Waals surface area contributed by atoms with E-state index in [0.29, 0.717) is 30.0 Å². The van der Waals surface area contributed by atoms with Gasteiger partial charge in [-0.25, -0.2) is 13.1 Å². The molecule has 0 saturated heterocycles. The number of aromatic nitrogens is 2. The van der Waals surface area contributed by atoms with Crippen LogP contribution in [0.25, 0.3) is 10.4 Å². The highest BCUT2D eigenvalue weighted by Gasteiger charge is 2.37. The first-order chi connectivity index (χ1) is 9.43. The first-order valence-electron chi connectivity index (χ1n) is 6.03. The Bertz CT molecular complexity index is 745. The topological polar surface area (TPSA) is 121 Å². The Morgan fingerprint density at radius 1 is 1.45 bits per heavy atom. The predicted octanol–water partition coefficient (Wildman–Crippen LogP) is 0.357. The van der Waals surface area contributed by atoms with Crippen LogP contribution in [-0.4, -0.2) is 37.2 Å². The van der Waals surface area contributed by atoms with Gasteiger partial charge >= 0.3 is 0 Å². The molecular weight excluding hydrogens is 284 g/mol. The quantitative estimate of drug-likeness (QED) is 0.422. The summed E-state index contributed by atoms with van der Waals surface area (Å²) in [6.07, 6.45) is 0.355. The minimum absolute atomic E-state index is 0.0792. The monoisotopic (exact) mass is 296 g/mol. The Kier molecular flexibility index (Phi) is 2.73. The Labute approximate surface area is 114 Å². The first kappa shape index (κ1) is 12.9. The second-order valence-electron chi connectivity index (χ2n) is 4.91. The highest BCUT2D eigenvalue weighted by molar-refractivity contribution is 7.90. The molecule has 3 rings (SSSR count). The molecular formula is C10H12N6O3S. The Hall–Kier alpha value is -2.06. The summed E-state index contributed by atoms with van der Waals surface area (Å²) >= 11 is 0. The van der Waals surface area contributed by atoms with Crippen molar-refractivity contribution in [3.63, 3.8) is 0 Å². The number of azide groups is 1. The van der Waals surface area contributed by atoms with Crippen LogP contribution in [0.5, 0.6) is 0 Å². The third-order valence-corrected chi connectivity index (χ3v) is 5.01. The predicted molar refractivity (Wildman–Crippen MR) is 69.5 cm³/mol. The van der Waals surface area contributed by atoms with Crippen LogP contribution in [0.1, 0.15) is 17.7 Å². The molecule has 0 N–H and O–H groups in total. The van der Waals surface area contributed by atoms with Crippen molar-refractivity contribution in [2.45, 2.75) is 30.5 Å². The van der Waals surface area contributed by atoms with E-state index in [1.165, 1.54) is 4.90 Å². The molecule has 0 spiro atoms. The summed E-state index contributed by atoms with van der Waals surface area (Å²) in [5.74, 6) is -0.0127. The lowest BCUT2D eigenvalue weighted by Crippen LogP contribution is -2.34. The first-order valence-corrected chi connectivity index (χ1v) is 7.86. The van der Waals surface area contributed by atoms with Crippen molar-refractivity contribution in [1.82, 2.24) is 9.78 Å². The molecule has 0 fully saturated rings. The van der Waals surface area contributed by atoms with Gasteiger partial charge < -0.3 is 0 Å². The number of nitrogens with zero attached hydrogens (tertiary/aromatic N) is 6. The van der Waals surface area contributed by atoms with Crippen molar-refractivity contribution >= 4 is 21.6 Å². The average molecular weight is 296 g/mol. The number of hydrogen-bond acceptors (Lipinski definition) is 5. The van der Waals surface area contributed by atoms with Gasteiger partial charge in [0, 0.05) is 24.1 Å². The molecule has 0 radical (unpaired) electrons. The van der Waals surface area contributed by atoms with E-state index in [4.69, 9.17) is 5.53 Å². The van der Waals surface area contributed by atoms with E-state index in [1.807, 2.05) is 0 Å². The van der Waals surface area contributed by atoms with Gasteiger partial charge in [0.25, 0.3) is 0 Å². The smallest absolute Gasteiger partial charge is 0.236 e. The zero-order valence-corrected chi connectivity index (χ0v) is 11.5. The van der Waals surface area contributed by atoms with Crippen LogP contribution in [0.15, 0.2) is 5.11 Å². The molecule has 2 aliphatic rings. The maximum absolute atomic E-state index is 12.2. The van der Waals surface area contributed by atoms with Crippen LogP contribution < -0.4 is 4.90 Å². The van der Waals surface area contributed by atoms with Crippen LogP contribution in [0, 0.1) is 0 Å². The largest absolute Gasteiger partial charge is 0.300 e. The van der Waals surface area contributed by atoms with Crippen molar-refractivity contribution in [1.29, 1.82) is 0 Å². The number of anilines is 1. The molecule has 9 nitrogen and oxygen atoms in total. The summed E-state index contributed by atoms with van der Waals surface area (Å²) in [6.45, 7) is 0.419. The number of likely N-dealkylation sites (N-methyl/N-ethyl adjacent to an activating group) is 1. The number of hydrogen-bond donors (Lipinski definition) is 0. The fourth-order valence-electron chi connectivity index (χ4n) is 2.68. The maximum Gasteiger partial charge on any atom is 0.236 e. The molecule has 10 heteroatoms. The third-order valence-electron chi connectivity index (χ3n) is 3.56. The minimum atomic E-state index is -3.17. The average Bonchev–Trinajstić information content (AvgIpc) is 2.80. The number of carbonyl (C=O) groups excluding carboxylic acids is 1. The maximum atomic E-state index is 12.2. The fraction of sp³-hybridized carbons (Fsp3) is 0.600. The van der Waals surface area contributed by atoms with Gasteiger partial charge in [0.1, 0.15) is 11.9 Å². The summed E-state index contributed by atoms with van der Waals surface area (Å²) in [6, 6.07) is -0.777. The Balaban J connectivity index is 2.07. The van der Waals surface area contributed by atoms with Crippen molar-refractivity contribution in [2.75, 3.05) is 11.9 Å². The van der Waals surface area contributed by atoms with Crippen LogP contribution in [0.3, 0.4) is 0 Å². The van der Waals surface area contributed by atoms with Gasteiger partial charge in [0.05, 0.1) is 17.2 Å². The second kappa shape index (κ2) is 4.22. The van der Waals surface area contributed by atoms with Gasteiger partial charge in [-0.15, -0.1) is 0 Å². The summed E-state index contributed by atoms with van der Waals surface area (Å²) < 4.78 is 24.9. The molecule has 2 aliphatic heterocycles. The molecule has 20 heavy (non-hydrogen) atoms. The van der Waals surface area contributed by atoms with Crippen LogP contribution in [-0.2, 0) is 32.7 Å². The number of fused-ring (bicyclic) bond motifs is 3. The Morgan fingerprint density at radius 2 is 2.20 bits per heavy atom. The summed E-state index contributed by atoms with van der Waals surface area (Å²) in [7, 11) is -1.62. The zero-order chi connectivity index (χ0) is 14.5. The zero-order valence-electron chi connectivity index (χ0n) is 10.7. The molecule has 0 aliphatic carbocycles. The lowest BCUT2D eigenvalue weighted by atomic mass is 10.2. The molecule has 1 amide bonds. The van der Waals surface area contributed by atoms with Crippen molar-refractivity contribution in [3.8, 4) is 0 Å².